The third-order valence-corrected chi connectivity index (χ3v) is 3.98. The van der Waals surface area contributed by atoms with Crippen LogP contribution in [0.25, 0.3) is 6.08 Å². The number of hydrogen-bond donors (Lipinski definition) is 1. The lowest BCUT2D eigenvalue weighted by atomic mass is 10.1. The van der Waals surface area contributed by atoms with Gasteiger partial charge in [0.2, 0.25) is 0 Å². The molecule has 0 aliphatic rings. The summed E-state index contributed by atoms with van der Waals surface area (Å²) in [6.07, 6.45) is 1.57. The normalized spacial score (nSPS) is 11.9. The van der Waals surface area contributed by atoms with Crippen LogP contribution in [-0.4, -0.2) is 25.1 Å². The average molecular weight is 371 g/mol. The number of esters is 1. The van der Waals surface area contributed by atoms with E-state index >= 15 is 0 Å². The zero-order valence-corrected chi connectivity index (χ0v) is 15.7. The summed E-state index contributed by atoms with van der Waals surface area (Å²) in [5, 5.41) is 2.77. The van der Waals surface area contributed by atoms with Crippen LogP contribution >= 0.6 is 0 Å². The maximum absolute atomic E-state index is 13.6. The minimum atomic E-state index is -0.978. The summed E-state index contributed by atoms with van der Waals surface area (Å²) in [5.74, 6) is -1.54. The van der Waals surface area contributed by atoms with E-state index < -0.39 is 23.8 Å². The van der Waals surface area contributed by atoms with Crippen LogP contribution < -0.4 is 10.1 Å². The van der Waals surface area contributed by atoms with Crippen molar-refractivity contribution in [3.63, 3.8) is 0 Å². The number of carbonyl (C=O) groups is 2. The smallest absolute Gasteiger partial charge is 0.331 e. The molecule has 5 nitrogen and oxygen atoms in total. The molecule has 1 N–H and O–H groups in total. The van der Waals surface area contributed by atoms with Gasteiger partial charge in [0.25, 0.3) is 5.91 Å². The highest BCUT2D eigenvalue weighted by Gasteiger charge is 2.18. The minimum Gasteiger partial charge on any atom is -0.494 e. The molecule has 0 aliphatic carbocycles. The largest absolute Gasteiger partial charge is 0.494 e. The Balaban J connectivity index is 1.96. The first kappa shape index (κ1) is 20.2. The Hall–Kier alpha value is -3.15. The lowest BCUT2D eigenvalue weighted by molar-refractivity contribution is -0.148. The Morgan fingerprint density at radius 1 is 1.15 bits per heavy atom. The molecule has 0 fully saturated rings. The number of methoxy groups -OCH3 is 1. The minimum absolute atomic E-state index is 0.117. The van der Waals surface area contributed by atoms with Gasteiger partial charge in [0.05, 0.1) is 7.11 Å². The number of ether oxygens (including phenoxy) is 2. The number of para-hydroxylation sites is 1. The fourth-order valence-corrected chi connectivity index (χ4v) is 2.45. The predicted molar refractivity (Wildman–Crippen MR) is 102 cm³/mol. The molecule has 2 aromatic rings. The molecule has 6 heteroatoms. The summed E-state index contributed by atoms with van der Waals surface area (Å²) in [6.45, 7) is 5.26. The van der Waals surface area contributed by atoms with Crippen LogP contribution in [0.1, 0.15) is 23.6 Å². The second kappa shape index (κ2) is 8.98. The van der Waals surface area contributed by atoms with Gasteiger partial charge in [0.1, 0.15) is 0 Å². The van der Waals surface area contributed by atoms with Crippen LogP contribution in [0, 0.1) is 19.7 Å². The van der Waals surface area contributed by atoms with E-state index in [1.54, 1.807) is 6.07 Å². The molecule has 0 saturated carbocycles. The first-order valence-electron chi connectivity index (χ1n) is 8.41. The van der Waals surface area contributed by atoms with Gasteiger partial charge in [-0.1, -0.05) is 24.3 Å². The SMILES string of the molecule is COc1ccc(/C=C/C(=O)O[C@H](C)C(=O)Nc2c(C)cccc2C)cc1F. The standard InChI is InChI=1S/C21H22FNO4/c1-13-6-5-7-14(2)20(13)23-21(25)15(3)27-19(24)11-9-16-8-10-18(26-4)17(22)12-16/h5-12,15H,1-4H3,(H,23,25)/b11-9+/t15-/m1/s1. The number of carbonyl (C=O) groups excluding carboxylic acids is 2. The van der Waals surface area contributed by atoms with Gasteiger partial charge < -0.3 is 14.8 Å². The third-order valence-electron chi connectivity index (χ3n) is 3.98. The lowest BCUT2D eigenvalue weighted by Crippen LogP contribution is -2.30. The van der Waals surface area contributed by atoms with Crippen molar-refractivity contribution in [2.75, 3.05) is 12.4 Å². The topological polar surface area (TPSA) is 64.6 Å². The molecule has 0 bridgehead atoms. The van der Waals surface area contributed by atoms with Gasteiger partial charge in [-0.3, -0.25) is 4.79 Å². The summed E-state index contributed by atoms with van der Waals surface area (Å²) >= 11 is 0. The number of benzene rings is 2. The quantitative estimate of drug-likeness (QED) is 0.615. The zero-order chi connectivity index (χ0) is 20.0. The summed E-state index contributed by atoms with van der Waals surface area (Å²) in [7, 11) is 1.37. The molecule has 0 aliphatic heterocycles. The van der Waals surface area contributed by atoms with Crippen molar-refractivity contribution in [1.82, 2.24) is 0 Å². The van der Waals surface area contributed by atoms with Gasteiger partial charge in [-0.05, 0) is 55.7 Å². The first-order chi connectivity index (χ1) is 12.8. The number of anilines is 1. The van der Waals surface area contributed by atoms with Crippen molar-refractivity contribution in [3.05, 3.63) is 65.0 Å². The first-order valence-corrected chi connectivity index (χ1v) is 8.41. The van der Waals surface area contributed by atoms with E-state index in [9.17, 15) is 14.0 Å². The lowest BCUT2D eigenvalue weighted by Gasteiger charge is -2.15. The molecular formula is C21H22FNO4. The van der Waals surface area contributed by atoms with Crippen LogP contribution in [0.2, 0.25) is 0 Å². The van der Waals surface area contributed by atoms with E-state index in [2.05, 4.69) is 5.32 Å². The summed E-state index contributed by atoms with van der Waals surface area (Å²) in [4.78, 5) is 24.2. The molecule has 1 atom stereocenters. The maximum Gasteiger partial charge on any atom is 0.331 e. The van der Waals surface area contributed by atoms with Crippen molar-refractivity contribution < 1.29 is 23.5 Å². The van der Waals surface area contributed by atoms with Crippen LogP contribution in [0.15, 0.2) is 42.5 Å². The molecular weight excluding hydrogens is 349 g/mol. The highest BCUT2D eigenvalue weighted by atomic mass is 19.1. The Labute approximate surface area is 157 Å². The molecule has 2 rings (SSSR count). The van der Waals surface area contributed by atoms with Gasteiger partial charge >= 0.3 is 5.97 Å². The van der Waals surface area contributed by atoms with Gasteiger partial charge in [-0.2, -0.15) is 0 Å². The number of amides is 1. The zero-order valence-electron chi connectivity index (χ0n) is 15.7. The van der Waals surface area contributed by atoms with Gasteiger partial charge in [-0.15, -0.1) is 0 Å². The molecule has 0 saturated heterocycles. The average Bonchev–Trinajstić information content (AvgIpc) is 2.63. The van der Waals surface area contributed by atoms with Crippen LogP contribution in [-0.2, 0) is 14.3 Å². The highest BCUT2D eigenvalue weighted by Crippen LogP contribution is 2.20. The van der Waals surface area contributed by atoms with Crippen molar-refractivity contribution in [2.45, 2.75) is 26.9 Å². The van der Waals surface area contributed by atoms with Crippen molar-refractivity contribution in [1.29, 1.82) is 0 Å². The van der Waals surface area contributed by atoms with E-state index in [1.165, 1.54) is 32.2 Å². The predicted octanol–water partition coefficient (Wildman–Crippen LogP) is 4.03. The molecule has 142 valence electrons. The Morgan fingerprint density at radius 3 is 2.41 bits per heavy atom. The number of hydrogen-bond acceptors (Lipinski definition) is 4. The molecule has 2 aromatic carbocycles. The molecule has 27 heavy (non-hydrogen) atoms. The number of halogens is 1. The Morgan fingerprint density at radius 2 is 1.81 bits per heavy atom. The fraction of sp³-hybridized carbons (Fsp3) is 0.238. The molecule has 0 unspecified atom stereocenters. The number of nitrogens with one attached hydrogen (secondary N) is 1. The highest BCUT2D eigenvalue weighted by molar-refractivity contribution is 5.97. The molecule has 0 radical (unpaired) electrons. The van der Waals surface area contributed by atoms with Crippen molar-refractivity contribution in [3.8, 4) is 5.75 Å². The molecule has 0 heterocycles. The van der Waals surface area contributed by atoms with Crippen LogP contribution in [0.5, 0.6) is 5.75 Å². The van der Waals surface area contributed by atoms with Gasteiger partial charge in [-0.25, -0.2) is 9.18 Å². The van der Waals surface area contributed by atoms with E-state index in [0.717, 1.165) is 17.2 Å². The van der Waals surface area contributed by atoms with E-state index in [0.29, 0.717) is 11.3 Å². The van der Waals surface area contributed by atoms with Crippen molar-refractivity contribution >= 4 is 23.6 Å². The Bertz CT molecular complexity index is 856. The van der Waals surface area contributed by atoms with Gasteiger partial charge in [0, 0.05) is 11.8 Å². The summed E-state index contributed by atoms with van der Waals surface area (Å²) in [5.41, 5.74) is 3.01. The molecule has 0 spiro atoms. The number of aryl methyl sites for hydroxylation is 2. The van der Waals surface area contributed by atoms with E-state index in [1.807, 2.05) is 32.0 Å². The Kier molecular flexibility index (Phi) is 6.71. The van der Waals surface area contributed by atoms with Crippen molar-refractivity contribution in [2.24, 2.45) is 0 Å². The molecule has 1 amide bonds. The fourth-order valence-electron chi connectivity index (χ4n) is 2.45. The monoisotopic (exact) mass is 371 g/mol. The van der Waals surface area contributed by atoms with E-state index in [-0.39, 0.29) is 5.75 Å². The van der Waals surface area contributed by atoms with E-state index in [4.69, 9.17) is 9.47 Å². The second-order valence-electron chi connectivity index (χ2n) is 6.06. The van der Waals surface area contributed by atoms with Crippen LogP contribution in [0.4, 0.5) is 10.1 Å². The number of rotatable bonds is 6. The molecule has 0 aromatic heterocycles. The summed E-state index contributed by atoms with van der Waals surface area (Å²) in [6, 6.07) is 9.96. The van der Waals surface area contributed by atoms with Gasteiger partial charge in [0.15, 0.2) is 17.7 Å². The summed E-state index contributed by atoms with van der Waals surface area (Å²) < 4.78 is 23.6. The van der Waals surface area contributed by atoms with Crippen LogP contribution in [0.3, 0.4) is 0 Å². The second-order valence-corrected chi connectivity index (χ2v) is 6.06. The maximum atomic E-state index is 13.6. The third kappa shape index (κ3) is 5.41.